The molecule has 0 amide bonds. The Bertz CT molecular complexity index is 291. The first-order chi connectivity index (χ1) is 7.72. The smallest absolute Gasteiger partial charge is 0.138 e. The van der Waals surface area contributed by atoms with Crippen LogP contribution < -0.4 is 5.32 Å². The summed E-state index contributed by atoms with van der Waals surface area (Å²) >= 11 is 0. The molecule has 0 aromatic carbocycles. The number of nitrogens with zero attached hydrogens (tertiary/aromatic N) is 3. The van der Waals surface area contributed by atoms with Crippen LogP contribution in [0.25, 0.3) is 0 Å². The number of hydrogen-bond donors (Lipinski definition) is 1. The molecule has 1 rings (SSSR count). The van der Waals surface area contributed by atoms with Gasteiger partial charge in [0.05, 0.1) is 0 Å². The van der Waals surface area contributed by atoms with Gasteiger partial charge in [-0.25, -0.2) is 4.98 Å². The Hall–Kier alpha value is -0.900. The zero-order valence-electron chi connectivity index (χ0n) is 10.9. The molecule has 0 spiro atoms. The molecule has 1 aromatic rings. The van der Waals surface area contributed by atoms with Gasteiger partial charge in [0.25, 0.3) is 0 Å². The zero-order chi connectivity index (χ0) is 12.0. The van der Waals surface area contributed by atoms with Crippen molar-refractivity contribution in [3.8, 4) is 0 Å². The first kappa shape index (κ1) is 13.2. The van der Waals surface area contributed by atoms with Crippen molar-refractivity contribution >= 4 is 0 Å². The minimum absolute atomic E-state index is 0.517. The molecular formula is C12H24N4. The van der Waals surface area contributed by atoms with Crippen LogP contribution in [0.15, 0.2) is 6.33 Å². The molecule has 0 saturated carbocycles. The molecule has 0 aliphatic rings. The molecule has 0 bridgehead atoms. The van der Waals surface area contributed by atoms with Crippen molar-refractivity contribution in [2.45, 2.75) is 46.1 Å². The van der Waals surface area contributed by atoms with E-state index in [-0.39, 0.29) is 0 Å². The average Bonchev–Trinajstić information content (AvgIpc) is 2.66. The summed E-state index contributed by atoms with van der Waals surface area (Å²) in [5.74, 6) is 1.79. The van der Waals surface area contributed by atoms with Crippen LogP contribution in [-0.2, 0) is 13.5 Å². The first-order valence-electron chi connectivity index (χ1n) is 6.29. The van der Waals surface area contributed by atoms with Gasteiger partial charge in [0.1, 0.15) is 12.2 Å². The van der Waals surface area contributed by atoms with Gasteiger partial charge in [-0.05, 0) is 12.5 Å². The molecular weight excluding hydrogens is 200 g/mol. The van der Waals surface area contributed by atoms with Crippen molar-refractivity contribution in [1.29, 1.82) is 0 Å². The largest absolute Gasteiger partial charge is 0.314 e. The fourth-order valence-corrected chi connectivity index (χ4v) is 2.23. The molecule has 1 aromatic heterocycles. The maximum Gasteiger partial charge on any atom is 0.138 e. The lowest BCUT2D eigenvalue weighted by Crippen LogP contribution is -2.38. The fraction of sp³-hybridized carbons (Fsp3) is 0.833. The summed E-state index contributed by atoms with van der Waals surface area (Å²) in [6.07, 6.45) is 5.03. The van der Waals surface area contributed by atoms with E-state index in [4.69, 9.17) is 0 Å². The lowest BCUT2D eigenvalue weighted by Gasteiger charge is -2.25. The Morgan fingerprint density at radius 2 is 2.00 bits per heavy atom. The van der Waals surface area contributed by atoms with Gasteiger partial charge in [0.15, 0.2) is 0 Å². The summed E-state index contributed by atoms with van der Waals surface area (Å²) in [7, 11) is 1.96. The van der Waals surface area contributed by atoms with Gasteiger partial charge in [-0.15, -0.1) is 0 Å². The molecule has 1 heterocycles. The molecule has 4 nitrogen and oxygen atoms in total. The number of hydrogen-bond acceptors (Lipinski definition) is 3. The highest BCUT2D eigenvalue weighted by Crippen LogP contribution is 2.16. The Balaban J connectivity index is 2.67. The van der Waals surface area contributed by atoms with E-state index < -0.39 is 0 Å². The predicted octanol–water partition coefficient (Wildman–Crippen LogP) is 1.77. The minimum Gasteiger partial charge on any atom is -0.314 e. The van der Waals surface area contributed by atoms with Gasteiger partial charge in [-0.3, -0.25) is 4.68 Å². The highest BCUT2D eigenvalue weighted by atomic mass is 15.3. The molecule has 16 heavy (non-hydrogen) atoms. The number of rotatable bonds is 7. The minimum atomic E-state index is 0.517. The van der Waals surface area contributed by atoms with Crippen LogP contribution in [0.5, 0.6) is 0 Å². The van der Waals surface area contributed by atoms with Crippen molar-refractivity contribution < 1.29 is 0 Å². The number of likely N-dealkylation sites (N-methyl/N-ethyl adjacent to an activating group) is 1. The summed E-state index contributed by atoms with van der Waals surface area (Å²) in [4.78, 5) is 4.30. The molecule has 1 unspecified atom stereocenters. The van der Waals surface area contributed by atoms with E-state index in [0.29, 0.717) is 6.04 Å². The standard InChI is InChI=1S/C12H24N4/c1-5-10(6-2)11(13-7-3)8-12-14-9-15-16(12)4/h9-11,13H,5-8H2,1-4H3. The second-order valence-electron chi connectivity index (χ2n) is 4.24. The first-order valence-corrected chi connectivity index (χ1v) is 6.29. The Morgan fingerprint density at radius 1 is 1.31 bits per heavy atom. The van der Waals surface area contributed by atoms with Crippen LogP contribution in [0.4, 0.5) is 0 Å². The van der Waals surface area contributed by atoms with Gasteiger partial charge in [-0.2, -0.15) is 5.10 Å². The van der Waals surface area contributed by atoms with Crippen LogP contribution in [0.1, 0.15) is 39.4 Å². The Morgan fingerprint density at radius 3 is 2.44 bits per heavy atom. The molecule has 0 aliphatic heterocycles. The van der Waals surface area contributed by atoms with Crippen molar-refractivity contribution in [3.05, 3.63) is 12.2 Å². The normalized spacial score (nSPS) is 13.3. The zero-order valence-corrected chi connectivity index (χ0v) is 10.9. The lowest BCUT2D eigenvalue weighted by atomic mass is 9.91. The molecule has 0 aliphatic carbocycles. The third kappa shape index (κ3) is 3.30. The van der Waals surface area contributed by atoms with Crippen molar-refractivity contribution in [2.75, 3.05) is 6.54 Å². The number of aromatic nitrogens is 3. The van der Waals surface area contributed by atoms with Crippen molar-refractivity contribution in [3.63, 3.8) is 0 Å². The van der Waals surface area contributed by atoms with Crippen LogP contribution in [0, 0.1) is 5.92 Å². The van der Waals surface area contributed by atoms with Crippen molar-refractivity contribution in [2.24, 2.45) is 13.0 Å². The third-order valence-electron chi connectivity index (χ3n) is 3.29. The molecule has 92 valence electrons. The maximum absolute atomic E-state index is 4.30. The average molecular weight is 224 g/mol. The third-order valence-corrected chi connectivity index (χ3v) is 3.29. The van der Waals surface area contributed by atoms with Gasteiger partial charge < -0.3 is 5.32 Å². The summed E-state index contributed by atoms with van der Waals surface area (Å²) in [6.45, 7) is 7.69. The van der Waals surface area contributed by atoms with E-state index in [9.17, 15) is 0 Å². The predicted molar refractivity (Wildman–Crippen MR) is 66.2 cm³/mol. The van der Waals surface area contributed by atoms with E-state index in [0.717, 1.165) is 24.7 Å². The van der Waals surface area contributed by atoms with E-state index in [1.807, 2.05) is 11.7 Å². The molecule has 0 saturated heterocycles. The fourth-order valence-electron chi connectivity index (χ4n) is 2.23. The highest BCUT2D eigenvalue weighted by Gasteiger charge is 2.19. The number of aryl methyl sites for hydroxylation is 1. The van der Waals surface area contributed by atoms with Crippen LogP contribution >= 0.6 is 0 Å². The van der Waals surface area contributed by atoms with E-state index in [1.165, 1.54) is 12.8 Å². The van der Waals surface area contributed by atoms with E-state index >= 15 is 0 Å². The molecule has 1 N–H and O–H groups in total. The SMILES string of the molecule is CCNC(Cc1ncnn1C)C(CC)CC. The quantitative estimate of drug-likeness (QED) is 0.767. The van der Waals surface area contributed by atoms with Gasteiger partial charge in [0, 0.05) is 19.5 Å². The number of nitrogens with one attached hydrogen (secondary N) is 1. The summed E-state index contributed by atoms with van der Waals surface area (Å²) in [5, 5.41) is 7.69. The van der Waals surface area contributed by atoms with Crippen molar-refractivity contribution in [1.82, 2.24) is 20.1 Å². The Labute approximate surface area is 98.5 Å². The summed E-state index contributed by atoms with van der Waals surface area (Å²) in [5.41, 5.74) is 0. The lowest BCUT2D eigenvalue weighted by molar-refractivity contribution is 0.330. The second kappa shape index (κ2) is 6.63. The van der Waals surface area contributed by atoms with Crippen LogP contribution in [0.3, 0.4) is 0 Å². The molecule has 4 heteroatoms. The topological polar surface area (TPSA) is 42.7 Å². The molecule has 1 atom stereocenters. The Kier molecular flexibility index (Phi) is 5.46. The molecule has 0 fully saturated rings. The molecule has 0 radical (unpaired) electrons. The van der Waals surface area contributed by atoms with Crippen LogP contribution in [0.2, 0.25) is 0 Å². The van der Waals surface area contributed by atoms with Gasteiger partial charge in [0.2, 0.25) is 0 Å². The highest BCUT2D eigenvalue weighted by molar-refractivity contribution is 4.91. The van der Waals surface area contributed by atoms with Gasteiger partial charge in [-0.1, -0.05) is 33.6 Å². The van der Waals surface area contributed by atoms with E-state index in [2.05, 4.69) is 36.2 Å². The maximum atomic E-state index is 4.30. The summed E-state index contributed by atoms with van der Waals surface area (Å²) in [6, 6.07) is 0.517. The summed E-state index contributed by atoms with van der Waals surface area (Å²) < 4.78 is 1.87. The monoisotopic (exact) mass is 224 g/mol. The van der Waals surface area contributed by atoms with Crippen LogP contribution in [-0.4, -0.2) is 27.4 Å². The second-order valence-corrected chi connectivity index (χ2v) is 4.24. The van der Waals surface area contributed by atoms with Gasteiger partial charge >= 0.3 is 0 Å². The van der Waals surface area contributed by atoms with E-state index in [1.54, 1.807) is 6.33 Å².